The molecule has 0 radical (unpaired) electrons. The number of sulfone groups is 1. The van der Waals surface area contributed by atoms with Gasteiger partial charge in [0.25, 0.3) is 0 Å². The van der Waals surface area contributed by atoms with Crippen LogP contribution >= 0.6 is 0 Å². The number of nitrogens with zero attached hydrogens (tertiary/aromatic N) is 5. The van der Waals surface area contributed by atoms with Gasteiger partial charge in [-0.25, -0.2) is 17.6 Å². The van der Waals surface area contributed by atoms with E-state index in [1.807, 2.05) is 0 Å². The van der Waals surface area contributed by atoms with Gasteiger partial charge >= 0.3 is 11.9 Å². The standard InChI is InChI=1S/C22H18F4N8O3S/c1-10(22(24,25)26)33-19-17(34(21(33)35)16-5-3-4-14-12(16)9-28-32-14)18(27)30-20(31-19)29-15-7-6-11(8-13(15)23)38(2,36)37/h3-10H,1-2H3,(H,28,32)(H3,27,29,30,31). The van der Waals surface area contributed by atoms with E-state index in [0.717, 1.165) is 35.9 Å². The van der Waals surface area contributed by atoms with Crippen molar-refractivity contribution in [2.75, 3.05) is 17.3 Å². The molecule has 0 aliphatic carbocycles. The number of nitrogen functional groups attached to an aromatic ring is 1. The zero-order chi connectivity index (χ0) is 27.6. The lowest BCUT2D eigenvalue weighted by molar-refractivity contribution is -0.162. The van der Waals surface area contributed by atoms with Gasteiger partial charge in [0.05, 0.1) is 28.0 Å². The summed E-state index contributed by atoms with van der Waals surface area (Å²) in [6.07, 6.45) is -2.52. The molecular weight excluding hydrogens is 532 g/mol. The Morgan fingerprint density at radius 3 is 2.55 bits per heavy atom. The Kier molecular flexibility index (Phi) is 5.66. The molecule has 198 valence electrons. The van der Waals surface area contributed by atoms with E-state index < -0.39 is 45.2 Å². The summed E-state index contributed by atoms with van der Waals surface area (Å²) in [6, 6.07) is 5.44. The number of H-pyrrole nitrogens is 1. The number of aromatic nitrogens is 6. The molecule has 0 aliphatic heterocycles. The van der Waals surface area contributed by atoms with E-state index >= 15 is 0 Å². The van der Waals surface area contributed by atoms with E-state index in [1.165, 1.54) is 12.3 Å². The fourth-order valence-corrected chi connectivity index (χ4v) is 4.64. The van der Waals surface area contributed by atoms with Gasteiger partial charge in [0.2, 0.25) is 5.95 Å². The van der Waals surface area contributed by atoms with E-state index in [9.17, 15) is 30.8 Å². The molecule has 0 saturated carbocycles. The van der Waals surface area contributed by atoms with Crippen molar-refractivity contribution in [3.05, 3.63) is 58.9 Å². The average Bonchev–Trinajstić information content (AvgIpc) is 3.41. The SMILES string of the molecule is CC(n1c(=O)n(-c2cccc3[nH]ncc23)c2c(N)nc(Nc3ccc(S(C)(=O)=O)cc3F)nc21)C(F)(F)F. The number of anilines is 3. The summed E-state index contributed by atoms with van der Waals surface area (Å²) in [7, 11) is -3.69. The third-order valence-electron chi connectivity index (χ3n) is 5.92. The number of alkyl halides is 3. The molecule has 0 fully saturated rings. The first-order valence-electron chi connectivity index (χ1n) is 10.8. The Hall–Kier alpha value is -4.47. The Labute approximate surface area is 210 Å². The third-order valence-corrected chi connectivity index (χ3v) is 7.03. The van der Waals surface area contributed by atoms with Gasteiger partial charge in [-0.1, -0.05) is 6.07 Å². The maximum atomic E-state index is 14.6. The fourth-order valence-electron chi connectivity index (χ4n) is 4.01. The second kappa shape index (κ2) is 8.54. The van der Waals surface area contributed by atoms with Gasteiger partial charge in [0, 0.05) is 11.6 Å². The molecule has 2 aromatic carbocycles. The number of hydrogen-bond donors (Lipinski definition) is 3. The summed E-state index contributed by atoms with van der Waals surface area (Å²) in [4.78, 5) is 21.3. The molecule has 5 rings (SSSR count). The van der Waals surface area contributed by atoms with Crippen molar-refractivity contribution in [3.63, 3.8) is 0 Å². The monoisotopic (exact) mass is 550 g/mol. The van der Waals surface area contributed by atoms with Gasteiger partial charge in [0.15, 0.2) is 21.3 Å². The van der Waals surface area contributed by atoms with Crippen molar-refractivity contribution >= 4 is 49.4 Å². The smallest absolute Gasteiger partial charge is 0.382 e. The lowest BCUT2D eigenvalue weighted by Gasteiger charge is -2.16. The maximum absolute atomic E-state index is 14.6. The van der Waals surface area contributed by atoms with E-state index in [4.69, 9.17) is 5.73 Å². The first-order valence-corrected chi connectivity index (χ1v) is 12.7. The topological polar surface area (TPSA) is 154 Å². The number of halogens is 4. The van der Waals surface area contributed by atoms with Crippen LogP contribution in [0.5, 0.6) is 0 Å². The van der Waals surface area contributed by atoms with Gasteiger partial charge in [-0.3, -0.25) is 14.2 Å². The van der Waals surface area contributed by atoms with Crippen molar-refractivity contribution < 1.29 is 26.0 Å². The number of nitrogens with two attached hydrogens (primary N) is 1. The Morgan fingerprint density at radius 2 is 1.89 bits per heavy atom. The fraction of sp³-hybridized carbons (Fsp3) is 0.182. The molecule has 11 nitrogen and oxygen atoms in total. The number of rotatable bonds is 5. The number of fused-ring (bicyclic) bond motifs is 2. The van der Waals surface area contributed by atoms with Crippen LogP contribution in [0.4, 0.5) is 35.0 Å². The lowest BCUT2D eigenvalue weighted by Crippen LogP contribution is -2.33. The first kappa shape index (κ1) is 25.2. The second-order valence-electron chi connectivity index (χ2n) is 8.46. The third kappa shape index (κ3) is 4.11. The van der Waals surface area contributed by atoms with Gasteiger partial charge in [-0.2, -0.15) is 28.2 Å². The minimum atomic E-state index is -4.83. The molecule has 0 amide bonds. The minimum Gasteiger partial charge on any atom is -0.382 e. The van der Waals surface area contributed by atoms with E-state index in [-0.39, 0.29) is 27.6 Å². The number of aromatic amines is 1. The maximum Gasteiger partial charge on any atom is 0.409 e. The Balaban J connectivity index is 1.75. The molecular formula is C22H18F4N8O3S. The summed E-state index contributed by atoms with van der Waals surface area (Å²) in [5.41, 5.74) is 4.85. The zero-order valence-corrected chi connectivity index (χ0v) is 20.4. The molecule has 1 atom stereocenters. The highest BCUT2D eigenvalue weighted by molar-refractivity contribution is 7.90. The van der Waals surface area contributed by atoms with Crippen LogP contribution in [-0.2, 0) is 9.84 Å². The van der Waals surface area contributed by atoms with Crippen LogP contribution in [0, 0.1) is 5.82 Å². The average molecular weight is 550 g/mol. The zero-order valence-electron chi connectivity index (χ0n) is 19.6. The summed E-state index contributed by atoms with van der Waals surface area (Å²) in [6.45, 7) is 0.790. The van der Waals surface area contributed by atoms with Crippen LogP contribution < -0.4 is 16.7 Å². The highest BCUT2D eigenvalue weighted by atomic mass is 32.2. The molecule has 16 heteroatoms. The van der Waals surface area contributed by atoms with Crippen molar-refractivity contribution in [3.8, 4) is 5.69 Å². The Bertz CT molecular complexity index is 1890. The summed E-state index contributed by atoms with van der Waals surface area (Å²) in [5.74, 6) is -1.76. The predicted octanol–water partition coefficient (Wildman–Crippen LogP) is 3.45. The molecule has 3 heterocycles. The minimum absolute atomic E-state index is 0.192. The molecule has 1 unspecified atom stereocenters. The quantitative estimate of drug-likeness (QED) is 0.281. The number of hydrogen-bond acceptors (Lipinski definition) is 8. The Morgan fingerprint density at radius 1 is 1.16 bits per heavy atom. The van der Waals surface area contributed by atoms with Crippen LogP contribution in [0.1, 0.15) is 13.0 Å². The van der Waals surface area contributed by atoms with E-state index in [2.05, 4.69) is 25.5 Å². The van der Waals surface area contributed by atoms with Gasteiger partial charge < -0.3 is 11.1 Å². The van der Waals surface area contributed by atoms with E-state index in [1.54, 1.807) is 12.1 Å². The van der Waals surface area contributed by atoms with Crippen molar-refractivity contribution in [1.29, 1.82) is 0 Å². The van der Waals surface area contributed by atoms with Crippen molar-refractivity contribution in [1.82, 2.24) is 29.3 Å². The highest BCUT2D eigenvalue weighted by Crippen LogP contribution is 2.34. The van der Waals surface area contributed by atoms with Crippen molar-refractivity contribution in [2.45, 2.75) is 24.0 Å². The number of nitrogens with one attached hydrogen (secondary N) is 2. The normalized spacial score (nSPS) is 13.3. The molecule has 38 heavy (non-hydrogen) atoms. The van der Waals surface area contributed by atoms with Crippen LogP contribution in [0.25, 0.3) is 27.8 Å². The molecule has 0 spiro atoms. The largest absolute Gasteiger partial charge is 0.409 e. The van der Waals surface area contributed by atoms with Crippen molar-refractivity contribution in [2.24, 2.45) is 0 Å². The summed E-state index contributed by atoms with van der Waals surface area (Å²) in [5, 5.41) is 9.56. The van der Waals surface area contributed by atoms with Crippen LogP contribution in [0.15, 0.2) is 52.3 Å². The van der Waals surface area contributed by atoms with Gasteiger partial charge in [-0.15, -0.1) is 0 Å². The molecule has 4 N–H and O–H groups in total. The molecule has 0 bridgehead atoms. The predicted molar refractivity (Wildman–Crippen MR) is 131 cm³/mol. The highest BCUT2D eigenvalue weighted by Gasteiger charge is 2.41. The lowest BCUT2D eigenvalue weighted by atomic mass is 10.2. The van der Waals surface area contributed by atoms with Crippen LogP contribution in [-0.4, -0.2) is 50.1 Å². The van der Waals surface area contributed by atoms with Gasteiger partial charge in [0.1, 0.15) is 17.4 Å². The van der Waals surface area contributed by atoms with E-state index in [0.29, 0.717) is 15.5 Å². The second-order valence-corrected chi connectivity index (χ2v) is 10.5. The first-order chi connectivity index (χ1) is 17.8. The summed E-state index contributed by atoms with van der Waals surface area (Å²) >= 11 is 0. The molecule has 0 aliphatic rings. The van der Waals surface area contributed by atoms with Crippen LogP contribution in [0.2, 0.25) is 0 Å². The van der Waals surface area contributed by atoms with Gasteiger partial charge in [-0.05, 0) is 37.3 Å². The number of benzene rings is 2. The number of imidazole rings is 1. The summed E-state index contributed by atoms with van der Waals surface area (Å²) < 4.78 is 80.8. The molecule has 0 saturated heterocycles. The molecule has 5 aromatic rings. The molecule has 3 aromatic heterocycles. The van der Waals surface area contributed by atoms with Crippen LogP contribution in [0.3, 0.4) is 0 Å².